The number of methoxy groups -OCH3 is 1. The molecule has 2 aromatic carbocycles. The minimum Gasteiger partial charge on any atom is -0.508 e. The molecule has 2 heterocycles. The van der Waals surface area contributed by atoms with E-state index in [0.29, 0.717) is 17.2 Å². The van der Waals surface area contributed by atoms with Crippen molar-refractivity contribution in [2.24, 2.45) is 19.2 Å². The molecule has 0 amide bonds. The summed E-state index contributed by atoms with van der Waals surface area (Å²) in [7, 11) is 4.46. The monoisotopic (exact) mass is 508 g/mol. The highest BCUT2D eigenvalue weighted by atomic mass is 16.5. The molecule has 4 rings (SSSR count). The number of aromatic hydroxyl groups is 1. The molecule has 0 radical (unpaired) electrons. The van der Waals surface area contributed by atoms with Gasteiger partial charge in [0, 0.05) is 14.1 Å². The molecule has 3 N–H and O–H groups in total. The van der Waals surface area contributed by atoms with Crippen LogP contribution in [0.25, 0.3) is 11.2 Å². The highest BCUT2D eigenvalue weighted by Crippen LogP contribution is 2.19. The first-order chi connectivity index (χ1) is 17.7. The molecule has 0 bridgehead atoms. The number of aryl methyl sites for hydroxylation is 1. The summed E-state index contributed by atoms with van der Waals surface area (Å²) in [5.74, 6) is 1.52. The first-order valence-electron chi connectivity index (χ1n) is 11.4. The zero-order valence-corrected chi connectivity index (χ0v) is 20.9. The lowest BCUT2D eigenvalue weighted by atomic mass is 10.1. The van der Waals surface area contributed by atoms with Crippen LogP contribution < -0.4 is 26.1 Å². The Balaban J connectivity index is 1.65. The minimum atomic E-state index is -1.02. The number of nitrogens with zero attached hydrogens (tertiary/aromatic N) is 5. The van der Waals surface area contributed by atoms with Gasteiger partial charge in [-0.3, -0.25) is 13.9 Å². The van der Waals surface area contributed by atoms with Crippen molar-refractivity contribution >= 4 is 22.8 Å². The molecule has 12 heteroatoms. The van der Waals surface area contributed by atoms with Crippen molar-refractivity contribution in [3.63, 3.8) is 0 Å². The number of imidazole rings is 1. The molecular weight excluding hydrogens is 480 g/mol. The van der Waals surface area contributed by atoms with E-state index in [0.717, 1.165) is 10.1 Å². The number of aliphatic hydroxyl groups is 1. The largest absolute Gasteiger partial charge is 0.508 e. The first kappa shape index (κ1) is 25.5. The lowest BCUT2D eigenvalue weighted by Crippen LogP contribution is -2.38. The maximum absolute atomic E-state index is 13.0. The van der Waals surface area contributed by atoms with Gasteiger partial charge in [0.25, 0.3) is 5.56 Å². The molecule has 0 aliphatic rings. The molecule has 0 saturated carbocycles. The van der Waals surface area contributed by atoms with Gasteiger partial charge in [-0.05, 0) is 61.0 Å². The van der Waals surface area contributed by atoms with Crippen LogP contribution in [-0.2, 0) is 20.6 Å². The number of hydrazone groups is 1. The number of ether oxygens (including phenoxy) is 2. The van der Waals surface area contributed by atoms with Gasteiger partial charge in [0.15, 0.2) is 11.2 Å². The van der Waals surface area contributed by atoms with Crippen LogP contribution in [-0.4, -0.2) is 54.4 Å². The van der Waals surface area contributed by atoms with Crippen LogP contribution in [0.4, 0.5) is 5.95 Å². The maximum atomic E-state index is 13.0. The third-order valence-corrected chi connectivity index (χ3v) is 5.85. The molecule has 194 valence electrons. The number of rotatable bonds is 9. The Labute approximate surface area is 211 Å². The lowest BCUT2D eigenvalue weighted by molar-refractivity contribution is 0.0938. The highest BCUT2D eigenvalue weighted by molar-refractivity contribution is 5.99. The average molecular weight is 509 g/mol. The fourth-order valence-corrected chi connectivity index (χ4v) is 3.74. The van der Waals surface area contributed by atoms with E-state index in [2.05, 4.69) is 15.5 Å². The zero-order chi connectivity index (χ0) is 26.7. The highest BCUT2D eigenvalue weighted by Gasteiger charge is 2.21. The Morgan fingerprint density at radius 1 is 1.05 bits per heavy atom. The Morgan fingerprint density at radius 2 is 1.70 bits per heavy atom. The van der Waals surface area contributed by atoms with Crippen molar-refractivity contribution in [1.29, 1.82) is 0 Å². The summed E-state index contributed by atoms with van der Waals surface area (Å²) in [6, 6.07) is 13.4. The molecule has 4 aromatic rings. The molecule has 2 aromatic heterocycles. The molecule has 37 heavy (non-hydrogen) atoms. The average Bonchev–Trinajstić information content (AvgIpc) is 3.26. The van der Waals surface area contributed by atoms with Gasteiger partial charge in [0.05, 0.1) is 19.4 Å². The molecule has 0 saturated heterocycles. The van der Waals surface area contributed by atoms with Crippen LogP contribution in [0, 0.1) is 0 Å². The number of hydrogen-bond acceptors (Lipinski definition) is 9. The van der Waals surface area contributed by atoms with Crippen molar-refractivity contribution in [2.45, 2.75) is 19.6 Å². The number of nitrogens with one attached hydrogen (secondary N) is 1. The van der Waals surface area contributed by atoms with Crippen molar-refractivity contribution in [3.05, 3.63) is 74.9 Å². The normalized spacial score (nSPS) is 12.5. The van der Waals surface area contributed by atoms with Crippen LogP contribution in [0.1, 0.15) is 12.5 Å². The lowest BCUT2D eigenvalue weighted by Gasteiger charge is -2.15. The third-order valence-electron chi connectivity index (χ3n) is 5.85. The van der Waals surface area contributed by atoms with Gasteiger partial charge in [-0.25, -0.2) is 10.2 Å². The molecular formula is C25H28N6O6. The van der Waals surface area contributed by atoms with Crippen LogP contribution in [0.5, 0.6) is 17.2 Å². The summed E-state index contributed by atoms with van der Waals surface area (Å²) >= 11 is 0. The Morgan fingerprint density at radius 3 is 2.35 bits per heavy atom. The zero-order valence-electron chi connectivity index (χ0n) is 20.9. The number of hydrogen-bond donors (Lipinski definition) is 3. The molecule has 1 unspecified atom stereocenters. The molecule has 12 nitrogen and oxygen atoms in total. The summed E-state index contributed by atoms with van der Waals surface area (Å²) in [6.45, 7) is 1.64. The van der Waals surface area contributed by atoms with E-state index in [1.165, 1.54) is 23.2 Å². The van der Waals surface area contributed by atoms with Crippen molar-refractivity contribution in [3.8, 4) is 17.2 Å². The van der Waals surface area contributed by atoms with E-state index in [1.54, 1.807) is 62.6 Å². The number of aliphatic hydroxyl groups excluding tert-OH is 1. The number of anilines is 1. The molecule has 1 atom stereocenters. The first-order valence-corrected chi connectivity index (χ1v) is 11.4. The van der Waals surface area contributed by atoms with Crippen molar-refractivity contribution in [1.82, 2.24) is 18.7 Å². The fourth-order valence-electron chi connectivity index (χ4n) is 3.74. The fraction of sp³-hybridized carbons (Fsp3) is 0.280. The van der Waals surface area contributed by atoms with Crippen molar-refractivity contribution < 1.29 is 19.7 Å². The van der Waals surface area contributed by atoms with Gasteiger partial charge in [-0.15, -0.1) is 0 Å². The summed E-state index contributed by atoms with van der Waals surface area (Å²) in [6.07, 6.45) is -1.02. The number of fused-ring (bicyclic) bond motifs is 1. The Kier molecular flexibility index (Phi) is 7.30. The van der Waals surface area contributed by atoms with E-state index in [4.69, 9.17) is 9.47 Å². The second-order valence-electron chi connectivity index (χ2n) is 8.42. The molecule has 0 aliphatic carbocycles. The van der Waals surface area contributed by atoms with E-state index in [1.807, 2.05) is 0 Å². The van der Waals surface area contributed by atoms with Crippen LogP contribution in [0.2, 0.25) is 0 Å². The van der Waals surface area contributed by atoms with E-state index in [9.17, 15) is 19.8 Å². The quantitative estimate of drug-likeness (QED) is 0.227. The van der Waals surface area contributed by atoms with Gasteiger partial charge in [0.2, 0.25) is 5.95 Å². The number of phenolic OH excluding ortho intramolecular Hbond substituents is 1. The molecule has 0 aliphatic heterocycles. The van der Waals surface area contributed by atoms with Gasteiger partial charge >= 0.3 is 5.69 Å². The molecule has 0 fully saturated rings. The van der Waals surface area contributed by atoms with Gasteiger partial charge in [-0.2, -0.15) is 10.1 Å². The van der Waals surface area contributed by atoms with Crippen LogP contribution >= 0.6 is 0 Å². The van der Waals surface area contributed by atoms with E-state index >= 15 is 0 Å². The summed E-state index contributed by atoms with van der Waals surface area (Å²) in [5, 5.41) is 24.6. The second-order valence-corrected chi connectivity index (χ2v) is 8.42. The number of benzene rings is 2. The standard InChI is InChI=1S/C25H28N6O6/c1-15(16-5-7-17(32)8-6-16)27-28-24-26-22-21(23(34)30(3)25(35)29(22)2)31(24)13-18(33)14-37-20-11-9-19(36-4)10-12-20/h5-12,18,32-33H,13-14H2,1-4H3,(H,26,28)/b27-15+. The second kappa shape index (κ2) is 10.6. The maximum Gasteiger partial charge on any atom is 0.332 e. The summed E-state index contributed by atoms with van der Waals surface area (Å²) in [4.78, 5) is 29.9. The topological polar surface area (TPSA) is 145 Å². The van der Waals surface area contributed by atoms with Crippen molar-refractivity contribution in [2.75, 3.05) is 19.1 Å². The van der Waals surface area contributed by atoms with Gasteiger partial charge in [0.1, 0.15) is 30.0 Å². The summed E-state index contributed by atoms with van der Waals surface area (Å²) < 4.78 is 14.5. The predicted octanol–water partition coefficient (Wildman–Crippen LogP) is 1.42. The minimum absolute atomic E-state index is 0.0593. The number of phenols is 1. The van der Waals surface area contributed by atoms with Crippen LogP contribution in [0.3, 0.4) is 0 Å². The number of aromatic nitrogens is 4. The smallest absolute Gasteiger partial charge is 0.332 e. The summed E-state index contributed by atoms with van der Waals surface area (Å²) in [5.41, 5.74) is 3.39. The van der Waals surface area contributed by atoms with Crippen LogP contribution in [0.15, 0.2) is 63.2 Å². The van der Waals surface area contributed by atoms with E-state index < -0.39 is 17.4 Å². The SMILES string of the molecule is COc1ccc(OCC(O)Cn2c(N/N=C(\C)c3ccc(O)cc3)nc3c2c(=O)n(C)c(=O)n3C)cc1. The Hall–Kier alpha value is -4.58. The predicted molar refractivity (Wildman–Crippen MR) is 139 cm³/mol. The van der Waals surface area contributed by atoms with E-state index in [-0.39, 0.29) is 36.0 Å². The van der Waals surface area contributed by atoms with Gasteiger partial charge in [-0.1, -0.05) is 0 Å². The third kappa shape index (κ3) is 5.33. The molecule has 0 spiro atoms. The Bertz CT molecular complexity index is 1550. The van der Waals surface area contributed by atoms with Gasteiger partial charge < -0.3 is 24.3 Å².